The molecule has 0 bridgehead atoms. The molecular formula is C15H21BrFN3. The maximum absolute atomic E-state index is 14.6. The van der Waals surface area contributed by atoms with Crippen LogP contribution in [0.1, 0.15) is 24.8 Å². The van der Waals surface area contributed by atoms with Crippen molar-refractivity contribution in [3.63, 3.8) is 0 Å². The molecule has 2 aliphatic rings. The summed E-state index contributed by atoms with van der Waals surface area (Å²) in [5, 5.41) is 0. The highest BCUT2D eigenvalue weighted by atomic mass is 79.9. The van der Waals surface area contributed by atoms with Crippen molar-refractivity contribution in [2.75, 3.05) is 31.1 Å². The molecule has 0 aliphatic carbocycles. The van der Waals surface area contributed by atoms with Gasteiger partial charge in [-0.3, -0.25) is 4.90 Å². The number of fused-ring (bicyclic) bond motifs is 1. The quantitative estimate of drug-likeness (QED) is 0.897. The second-order valence-corrected chi connectivity index (χ2v) is 6.50. The summed E-state index contributed by atoms with van der Waals surface area (Å²) in [5.74, 6) is -0.167. The topological polar surface area (TPSA) is 32.5 Å². The highest BCUT2D eigenvalue weighted by molar-refractivity contribution is 9.10. The molecule has 20 heavy (non-hydrogen) atoms. The third kappa shape index (κ3) is 2.59. The van der Waals surface area contributed by atoms with Crippen molar-refractivity contribution >= 4 is 21.6 Å². The minimum absolute atomic E-state index is 0.167. The molecule has 1 atom stereocenters. The van der Waals surface area contributed by atoms with Gasteiger partial charge in [0.15, 0.2) is 5.82 Å². The number of halogens is 2. The van der Waals surface area contributed by atoms with Gasteiger partial charge in [-0.2, -0.15) is 0 Å². The first-order valence-electron chi connectivity index (χ1n) is 7.36. The maximum Gasteiger partial charge on any atom is 0.160 e. The van der Waals surface area contributed by atoms with Crippen molar-refractivity contribution in [3.8, 4) is 0 Å². The number of anilines is 1. The molecule has 0 amide bonds. The summed E-state index contributed by atoms with van der Waals surface area (Å²) in [6, 6.07) is 4.40. The monoisotopic (exact) mass is 341 g/mol. The van der Waals surface area contributed by atoms with E-state index in [-0.39, 0.29) is 5.82 Å². The Labute approximate surface area is 128 Å². The van der Waals surface area contributed by atoms with Gasteiger partial charge >= 0.3 is 0 Å². The fourth-order valence-corrected chi connectivity index (χ4v) is 3.90. The first-order chi connectivity index (χ1) is 9.70. The van der Waals surface area contributed by atoms with Crippen LogP contribution in [0, 0.1) is 5.82 Å². The molecule has 2 fully saturated rings. The lowest BCUT2D eigenvalue weighted by Crippen LogP contribution is -2.37. The second kappa shape index (κ2) is 6.00. The van der Waals surface area contributed by atoms with E-state index >= 15 is 0 Å². The average molecular weight is 342 g/mol. The molecule has 2 heterocycles. The summed E-state index contributed by atoms with van der Waals surface area (Å²) in [6.07, 6.45) is 3.61. The Kier molecular flexibility index (Phi) is 4.29. The van der Waals surface area contributed by atoms with Gasteiger partial charge in [-0.05, 0) is 53.4 Å². The molecule has 2 aliphatic heterocycles. The molecule has 1 unspecified atom stereocenters. The number of nitrogens with zero attached hydrogens (tertiary/aromatic N) is 2. The van der Waals surface area contributed by atoms with Crippen molar-refractivity contribution in [2.45, 2.75) is 31.8 Å². The van der Waals surface area contributed by atoms with E-state index in [4.69, 9.17) is 5.73 Å². The van der Waals surface area contributed by atoms with Crippen LogP contribution in [-0.4, -0.2) is 37.1 Å². The molecule has 1 aromatic carbocycles. The minimum atomic E-state index is -0.167. The molecule has 0 spiro atoms. The van der Waals surface area contributed by atoms with Gasteiger partial charge in [-0.15, -0.1) is 0 Å². The van der Waals surface area contributed by atoms with Crippen LogP contribution in [0.3, 0.4) is 0 Å². The Morgan fingerprint density at radius 3 is 2.85 bits per heavy atom. The third-order valence-corrected chi connectivity index (χ3v) is 5.36. The standard InChI is InChI=1S/C15H21BrFN3/c16-14-11(9-18)4-5-13(15(14)17)20-8-2-7-19-6-1-3-12(19)10-20/h4-5,12H,1-3,6-10,18H2. The Balaban J connectivity index is 1.86. The van der Waals surface area contributed by atoms with E-state index < -0.39 is 0 Å². The van der Waals surface area contributed by atoms with E-state index in [1.807, 2.05) is 12.1 Å². The van der Waals surface area contributed by atoms with Gasteiger partial charge in [-0.25, -0.2) is 4.39 Å². The number of nitrogens with two attached hydrogens (primary N) is 1. The zero-order valence-corrected chi connectivity index (χ0v) is 13.2. The van der Waals surface area contributed by atoms with Crippen LogP contribution in [-0.2, 0) is 6.54 Å². The van der Waals surface area contributed by atoms with Gasteiger partial charge < -0.3 is 10.6 Å². The van der Waals surface area contributed by atoms with Crippen LogP contribution in [0.5, 0.6) is 0 Å². The van der Waals surface area contributed by atoms with Gasteiger partial charge in [0.05, 0.1) is 10.2 Å². The van der Waals surface area contributed by atoms with Crippen LogP contribution < -0.4 is 10.6 Å². The van der Waals surface area contributed by atoms with Crippen molar-refractivity contribution in [1.82, 2.24) is 4.90 Å². The van der Waals surface area contributed by atoms with Gasteiger partial charge in [-0.1, -0.05) is 6.07 Å². The number of rotatable bonds is 2. The summed E-state index contributed by atoms with van der Waals surface area (Å²) in [7, 11) is 0. The van der Waals surface area contributed by atoms with Crippen molar-refractivity contribution in [2.24, 2.45) is 5.73 Å². The molecule has 2 saturated heterocycles. The predicted octanol–water partition coefficient (Wildman–Crippen LogP) is 2.72. The van der Waals surface area contributed by atoms with Crippen LogP contribution in [0.15, 0.2) is 16.6 Å². The summed E-state index contributed by atoms with van der Waals surface area (Å²) in [5.41, 5.74) is 7.16. The molecule has 3 rings (SSSR count). The number of benzene rings is 1. The smallest absolute Gasteiger partial charge is 0.160 e. The molecule has 2 N–H and O–H groups in total. The Hall–Kier alpha value is -0.650. The Morgan fingerprint density at radius 1 is 1.25 bits per heavy atom. The largest absolute Gasteiger partial charge is 0.368 e. The first kappa shape index (κ1) is 14.3. The van der Waals surface area contributed by atoms with E-state index in [9.17, 15) is 4.39 Å². The highest BCUT2D eigenvalue weighted by Gasteiger charge is 2.29. The summed E-state index contributed by atoms with van der Waals surface area (Å²) in [4.78, 5) is 4.76. The number of hydrogen-bond donors (Lipinski definition) is 1. The zero-order chi connectivity index (χ0) is 14.1. The van der Waals surface area contributed by atoms with E-state index in [1.165, 1.54) is 19.4 Å². The maximum atomic E-state index is 14.6. The van der Waals surface area contributed by atoms with E-state index in [0.29, 0.717) is 22.7 Å². The van der Waals surface area contributed by atoms with Crippen molar-refractivity contribution in [1.29, 1.82) is 0 Å². The van der Waals surface area contributed by atoms with Crippen molar-refractivity contribution in [3.05, 3.63) is 28.0 Å². The molecule has 0 saturated carbocycles. The predicted molar refractivity (Wildman–Crippen MR) is 83.4 cm³/mol. The zero-order valence-electron chi connectivity index (χ0n) is 11.6. The Bertz CT molecular complexity index is 494. The number of hydrogen-bond acceptors (Lipinski definition) is 3. The molecule has 5 heteroatoms. The summed E-state index contributed by atoms with van der Waals surface area (Å²) in [6.45, 7) is 4.57. The Morgan fingerprint density at radius 2 is 2.05 bits per heavy atom. The van der Waals surface area contributed by atoms with Crippen LogP contribution in [0.2, 0.25) is 0 Å². The van der Waals surface area contributed by atoms with Gasteiger partial charge in [0, 0.05) is 32.2 Å². The minimum Gasteiger partial charge on any atom is -0.368 e. The lowest BCUT2D eigenvalue weighted by atomic mass is 10.1. The van der Waals surface area contributed by atoms with Gasteiger partial charge in [0.2, 0.25) is 0 Å². The fourth-order valence-electron chi connectivity index (χ4n) is 3.41. The van der Waals surface area contributed by atoms with E-state index in [1.54, 1.807) is 0 Å². The fraction of sp³-hybridized carbons (Fsp3) is 0.600. The van der Waals surface area contributed by atoms with Crippen molar-refractivity contribution < 1.29 is 4.39 Å². The lowest BCUT2D eigenvalue weighted by Gasteiger charge is -2.28. The SMILES string of the molecule is NCc1ccc(N2CCCN3CCCC3C2)c(F)c1Br. The molecule has 0 radical (unpaired) electrons. The van der Waals surface area contributed by atoms with E-state index in [2.05, 4.69) is 25.7 Å². The summed E-state index contributed by atoms with van der Waals surface area (Å²) >= 11 is 3.34. The normalized spacial score (nSPS) is 23.8. The third-order valence-electron chi connectivity index (χ3n) is 4.51. The second-order valence-electron chi connectivity index (χ2n) is 5.71. The molecule has 0 aromatic heterocycles. The summed E-state index contributed by atoms with van der Waals surface area (Å²) < 4.78 is 15.1. The molecule has 110 valence electrons. The van der Waals surface area contributed by atoms with Crippen LogP contribution in [0.25, 0.3) is 0 Å². The highest BCUT2D eigenvalue weighted by Crippen LogP contribution is 2.32. The lowest BCUT2D eigenvalue weighted by molar-refractivity contribution is 0.273. The molecule has 1 aromatic rings. The van der Waals surface area contributed by atoms with E-state index in [0.717, 1.165) is 31.6 Å². The molecule has 3 nitrogen and oxygen atoms in total. The first-order valence-corrected chi connectivity index (χ1v) is 8.16. The molecular weight excluding hydrogens is 321 g/mol. The van der Waals surface area contributed by atoms with Crippen LogP contribution in [0.4, 0.5) is 10.1 Å². The average Bonchev–Trinajstić information content (AvgIpc) is 2.79. The van der Waals surface area contributed by atoms with Gasteiger partial charge in [0.25, 0.3) is 0 Å². The van der Waals surface area contributed by atoms with Crippen LogP contribution >= 0.6 is 15.9 Å². The van der Waals surface area contributed by atoms with Gasteiger partial charge in [0.1, 0.15) is 0 Å².